The molecule has 1 heterocycles. The summed E-state index contributed by atoms with van der Waals surface area (Å²) in [6.07, 6.45) is 0.940. The monoisotopic (exact) mass is 293 g/mol. The molecule has 2 aromatic carbocycles. The van der Waals surface area contributed by atoms with Crippen LogP contribution in [0.5, 0.6) is 5.88 Å². The molecule has 4 nitrogen and oxygen atoms in total. The number of aromatic amines is 1. The number of nitrogens with zero attached hydrogens (tertiary/aromatic N) is 2. The van der Waals surface area contributed by atoms with Crippen LogP contribution >= 0.6 is 0 Å². The Kier molecular flexibility index (Phi) is 3.67. The lowest BCUT2D eigenvalue weighted by molar-refractivity contribution is 0.459. The highest BCUT2D eigenvalue weighted by molar-refractivity contribution is 5.94. The predicted octanol–water partition coefficient (Wildman–Crippen LogP) is 5.47. The minimum absolute atomic E-state index is 0.0517. The van der Waals surface area contributed by atoms with Crippen molar-refractivity contribution >= 4 is 22.3 Å². The van der Waals surface area contributed by atoms with Crippen molar-refractivity contribution in [2.75, 3.05) is 0 Å². The molecule has 0 amide bonds. The maximum atomic E-state index is 10.1. The Labute approximate surface area is 129 Å². The van der Waals surface area contributed by atoms with Crippen molar-refractivity contribution in [1.82, 2.24) is 4.98 Å². The minimum atomic E-state index is 0.0517. The number of hydrogen-bond donors (Lipinski definition) is 2. The molecule has 4 heteroatoms. The summed E-state index contributed by atoms with van der Waals surface area (Å²) < 4.78 is 0. The fourth-order valence-corrected chi connectivity index (χ4v) is 2.43. The van der Waals surface area contributed by atoms with Gasteiger partial charge in [0.15, 0.2) is 5.69 Å². The van der Waals surface area contributed by atoms with Crippen LogP contribution in [0.15, 0.2) is 46.6 Å². The molecule has 0 aliphatic heterocycles. The van der Waals surface area contributed by atoms with Gasteiger partial charge >= 0.3 is 0 Å². The second kappa shape index (κ2) is 5.64. The molecule has 0 saturated heterocycles. The molecule has 0 radical (unpaired) electrons. The fourth-order valence-electron chi connectivity index (χ4n) is 2.43. The Hall–Kier alpha value is -2.62. The van der Waals surface area contributed by atoms with Crippen molar-refractivity contribution in [2.45, 2.75) is 27.2 Å². The third kappa shape index (κ3) is 2.60. The van der Waals surface area contributed by atoms with Crippen LogP contribution in [0.2, 0.25) is 0 Å². The van der Waals surface area contributed by atoms with Gasteiger partial charge in [0.2, 0.25) is 5.88 Å². The summed E-state index contributed by atoms with van der Waals surface area (Å²) in [6, 6.07) is 12.0. The first-order valence-corrected chi connectivity index (χ1v) is 7.41. The average Bonchev–Trinajstić information content (AvgIpc) is 2.83. The smallest absolute Gasteiger partial charge is 0.218 e. The van der Waals surface area contributed by atoms with Crippen molar-refractivity contribution in [1.29, 1.82) is 0 Å². The van der Waals surface area contributed by atoms with Crippen molar-refractivity contribution in [2.24, 2.45) is 10.2 Å². The number of aromatic hydroxyl groups is 1. The maximum absolute atomic E-state index is 10.1. The Bertz CT molecular complexity index is 862. The molecule has 3 aromatic rings. The lowest BCUT2D eigenvalue weighted by atomic mass is 10.1. The Morgan fingerprint density at radius 3 is 2.55 bits per heavy atom. The largest absolute Gasteiger partial charge is 0.493 e. The van der Waals surface area contributed by atoms with Gasteiger partial charge in [-0.2, -0.15) is 5.11 Å². The van der Waals surface area contributed by atoms with Gasteiger partial charge in [0.25, 0.3) is 0 Å². The van der Waals surface area contributed by atoms with E-state index in [-0.39, 0.29) is 5.88 Å². The van der Waals surface area contributed by atoms with Gasteiger partial charge < -0.3 is 10.1 Å². The molecule has 1 aromatic heterocycles. The number of rotatable bonds is 3. The van der Waals surface area contributed by atoms with Crippen LogP contribution in [0, 0.1) is 13.8 Å². The van der Waals surface area contributed by atoms with E-state index in [0.29, 0.717) is 5.69 Å². The second-order valence-corrected chi connectivity index (χ2v) is 5.52. The Morgan fingerprint density at radius 1 is 1.00 bits per heavy atom. The SMILES string of the molecule is CCc1ccc2[nH]c(O)c(N=Nc3ccc(C)c(C)c3)c2c1. The van der Waals surface area contributed by atoms with E-state index in [9.17, 15) is 5.11 Å². The third-order valence-corrected chi connectivity index (χ3v) is 3.98. The van der Waals surface area contributed by atoms with Crippen LogP contribution in [-0.4, -0.2) is 10.1 Å². The molecule has 0 unspecified atom stereocenters. The molecule has 3 rings (SSSR count). The van der Waals surface area contributed by atoms with Crippen LogP contribution in [0.3, 0.4) is 0 Å². The number of aryl methyl sites for hydroxylation is 3. The number of hydrogen-bond acceptors (Lipinski definition) is 3. The molecular formula is C18H19N3O. The summed E-state index contributed by atoms with van der Waals surface area (Å²) in [6.45, 7) is 6.21. The summed E-state index contributed by atoms with van der Waals surface area (Å²) in [5, 5.41) is 19.5. The molecule has 112 valence electrons. The summed E-state index contributed by atoms with van der Waals surface area (Å²) in [4.78, 5) is 2.94. The second-order valence-electron chi connectivity index (χ2n) is 5.52. The Morgan fingerprint density at radius 2 is 1.82 bits per heavy atom. The van der Waals surface area contributed by atoms with Gasteiger partial charge in [0.1, 0.15) is 0 Å². The average molecular weight is 293 g/mol. The lowest BCUT2D eigenvalue weighted by Crippen LogP contribution is -1.78. The van der Waals surface area contributed by atoms with Crippen LogP contribution in [0.1, 0.15) is 23.6 Å². The number of aromatic nitrogens is 1. The zero-order valence-electron chi connectivity index (χ0n) is 13.0. The van der Waals surface area contributed by atoms with Crippen molar-refractivity contribution < 1.29 is 5.11 Å². The maximum Gasteiger partial charge on any atom is 0.218 e. The van der Waals surface area contributed by atoms with Gasteiger partial charge in [-0.1, -0.05) is 19.1 Å². The van der Waals surface area contributed by atoms with Gasteiger partial charge in [0, 0.05) is 5.39 Å². The molecular weight excluding hydrogens is 274 g/mol. The van der Waals surface area contributed by atoms with Crippen molar-refractivity contribution in [3.05, 3.63) is 53.1 Å². The first-order chi connectivity index (χ1) is 10.6. The van der Waals surface area contributed by atoms with Gasteiger partial charge in [-0.05, 0) is 61.2 Å². The highest BCUT2D eigenvalue weighted by Gasteiger charge is 2.10. The highest BCUT2D eigenvalue weighted by atomic mass is 16.3. The van der Waals surface area contributed by atoms with Crippen molar-refractivity contribution in [3.8, 4) is 5.88 Å². The van der Waals surface area contributed by atoms with Crippen LogP contribution < -0.4 is 0 Å². The van der Waals surface area contributed by atoms with Gasteiger partial charge in [0.05, 0.1) is 11.2 Å². The summed E-state index contributed by atoms with van der Waals surface area (Å²) in [5.74, 6) is 0.0517. The first kappa shape index (κ1) is 14.3. The molecule has 0 aliphatic rings. The van der Waals surface area contributed by atoms with E-state index in [4.69, 9.17) is 0 Å². The van der Waals surface area contributed by atoms with E-state index < -0.39 is 0 Å². The minimum Gasteiger partial charge on any atom is -0.493 e. The summed E-state index contributed by atoms with van der Waals surface area (Å²) >= 11 is 0. The first-order valence-electron chi connectivity index (χ1n) is 7.41. The van der Waals surface area contributed by atoms with Gasteiger partial charge in [-0.3, -0.25) is 0 Å². The van der Waals surface area contributed by atoms with Gasteiger partial charge in [-0.25, -0.2) is 0 Å². The van der Waals surface area contributed by atoms with Crippen LogP contribution in [0.25, 0.3) is 10.9 Å². The van der Waals surface area contributed by atoms with E-state index in [1.165, 1.54) is 16.7 Å². The zero-order valence-corrected chi connectivity index (χ0v) is 13.0. The molecule has 0 spiro atoms. The molecule has 2 N–H and O–H groups in total. The molecule has 0 aliphatic carbocycles. The number of H-pyrrole nitrogens is 1. The molecule has 0 saturated carbocycles. The van der Waals surface area contributed by atoms with Crippen LogP contribution in [0.4, 0.5) is 11.4 Å². The quantitative estimate of drug-likeness (QED) is 0.618. The number of nitrogens with one attached hydrogen (secondary N) is 1. The summed E-state index contributed by atoms with van der Waals surface area (Å²) in [5.41, 5.74) is 5.74. The van der Waals surface area contributed by atoms with E-state index in [2.05, 4.69) is 29.1 Å². The fraction of sp³-hybridized carbons (Fsp3) is 0.222. The lowest BCUT2D eigenvalue weighted by Gasteiger charge is -2.00. The Balaban J connectivity index is 2.03. The van der Waals surface area contributed by atoms with Crippen LogP contribution in [-0.2, 0) is 6.42 Å². The molecule has 0 bridgehead atoms. The van der Waals surface area contributed by atoms with E-state index in [1.807, 2.05) is 43.3 Å². The molecule has 22 heavy (non-hydrogen) atoms. The highest BCUT2D eigenvalue weighted by Crippen LogP contribution is 2.37. The third-order valence-electron chi connectivity index (χ3n) is 3.98. The van der Waals surface area contributed by atoms with Crippen molar-refractivity contribution in [3.63, 3.8) is 0 Å². The van der Waals surface area contributed by atoms with E-state index in [0.717, 1.165) is 23.0 Å². The number of benzene rings is 2. The molecule has 0 atom stereocenters. The predicted molar refractivity (Wildman–Crippen MR) is 89.4 cm³/mol. The summed E-state index contributed by atoms with van der Waals surface area (Å²) in [7, 11) is 0. The number of fused-ring (bicyclic) bond motifs is 1. The zero-order chi connectivity index (χ0) is 15.7. The molecule has 0 fully saturated rings. The standard InChI is InChI=1S/C18H19N3O/c1-4-13-6-8-16-15(10-13)17(18(22)19-16)21-20-14-7-5-11(2)12(3)9-14/h5-10,19,22H,4H2,1-3H3. The normalized spacial score (nSPS) is 11.6. The van der Waals surface area contributed by atoms with E-state index >= 15 is 0 Å². The number of azo groups is 1. The topological polar surface area (TPSA) is 60.7 Å². The van der Waals surface area contributed by atoms with E-state index in [1.54, 1.807) is 0 Å². The van der Waals surface area contributed by atoms with Gasteiger partial charge in [-0.15, -0.1) is 5.11 Å².